The van der Waals surface area contributed by atoms with Crippen molar-refractivity contribution < 1.29 is 21.6 Å². The van der Waals surface area contributed by atoms with Crippen molar-refractivity contribution in [3.05, 3.63) is 66.4 Å². The van der Waals surface area contributed by atoms with Gasteiger partial charge >= 0.3 is 6.18 Å². The van der Waals surface area contributed by atoms with Crippen LogP contribution >= 0.6 is 0 Å². The van der Waals surface area contributed by atoms with Crippen molar-refractivity contribution in [1.29, 1.82) is 0 Å². The molecule has 0 bridgehead atoms. The molecule has 36 heavy (non-hydrogen) atoms. The van der Waals surface area contributed by atoms with Gasteiger partial charge < -0.3 is 11.1 Å². The van der Waals surface area contributed by atoms with Crippen LogP contribution in [0.4, 0.5) is 24.8 Å². The Labute approximate surface area is 205 Å². The SMILES string of the molecule is Nc1n[nH]c2ccc(-c3ccc(S(=O)(=O)N4CCC(Nc5ccc(C(F)(F)F)cn5)CC4)cc3)cc12. The van der Waals surface area contributed by atoms with Crippen molar-refractivity contribution in [3.8, 4) is 11.1 Å². The highest BCUT2D eigenvalue weighted by Gasteiger charge is 2.32. The van der Waals surface area contributed by atoms with Crippen LogP contribution in [0.15, 0.2) is 65.7 Å². The number of benzene rings is 2. The van der Waals surface area contributed by atoms with E-state index < -0.39 is 21.8 Å². The maximum absolute atomic E-state index is 13.2. The van der Waals surface area contributed by atoms with Gasteiger partial charge in [-0.3, -0.25) is 5.10 Å². The van der Waals surface area contributed by atoms with Crippen LogP contribution in [0.1, 0.15) is 18.4 Å². The van der Waals surface area contributed by atoms with Crippen LogP contribution in [-0.4, -0.2) is 47.0 Å². The summed E-state index contributed by atoms with van der Waals surface area (Å²) in [6.45, 7) is 0.581. The van der Waals surface area contributed by atoms with E-state index in [9.17, 15) is 21.6 Å². The summed E-state index contributed by atoms with van der Waals surface area (Å²) in [6, 6.07) is 14.5. The van der Waals surface area contributed by atoms with Gasteiger partial charge in [0.15, 0.2) is 5.82 Å². The number of piperidine rings is 1. The molecule has 2 aromatic heterocycles. The van der Waals surface area contributed by atoms with Crippen molar-refractivity contribution in [2.45, 2.75) is 30.0 Å². The van der Waals surface area contributed by atoms with E-state index in [1.807, 2.05) is 18.2 Å². The van der Waals surface area contributed by atoms with E-state index in [1.165, 1.54) is 10.4 Å². The molecule has 12 heteroatoms. The van der Waals surface area contributed by atoms with Crippen LogP contribution in [0.5, 0.6) is 0 Å². The fraction of sp³-hybridized carbons (Fsp3) is 0.250. The van der Waals surface area contributed by atoms with E-state index in [-0.39, 0.29) is 10.9 Å². The van der Waals surface area contributed by atoms with Gasteiger partial charge in [0.2, 0.25) is 10.0 Å². The predicted octanol–water partition coefficient (Wildman–Crippen LogP) is 4.49. The van der Waals surface area contributed by atoms with Crippen LogP contribution < -0.4 is 11.1 Å². The van der Waals surface area contributed by atoms with Gasteiger partial charge in [0.05, 0.1) is 16.0 Å². The smallest absolute Gasteiger partial charge is 0.382 e. The molecule has 0 radical (unpaired) electrons. The zero-order valence-corrected chi connectivity index (χ0v) is 19.8. The van der Waals surface area contributed by atoms with Gasteiger partial charge in [0, 0.05) is 30.7 Å². The van der Waals surface area contributed by atoms with Crippen molar-refractivity contribution in [3.63, 3.8) is 0 Å². The van der Waals surface area contributed by atoms with Gasteiger partial charge in [-0.2, -0.15) is 22.6 Å². The van der Waals surface area contributed by atoms with Gasteiger partial charge in [-0.25, -0.2) is 13.4 Å². The molecule has 0 spiro atoms. The number of nitrogens with two attached hydrogens (primary N) is 1. The fourth-order valence-corrected chi connectivity index (χ4v) is 5.75. The first-order valence-corrected chi connectivity index (χ1v) is 12.7. The number of pyridine rings is 1. The number of hydrogen-bond donors (Lipinski definition) is 3. The molecule has 0 unspecified atom stereocenters. The topological polar surface area (TPSA) is 117 Å². The Morgan fingerprint density at radius 2 is 1.69 bits per heavy atom. The van der Waals surface area contributed by atoms with Gasteiger partial charge in [-0.1, -0.05) is 18.2 Å². The fourth-order valence-electron chi connectivity index (χ4n) is 4.28. The highest BCUT2D eigenvalue weighted by Crippen LogP contribution is 2.30. The molecule has 0 saturated carbocycles. The number of anilines is 2. The monoisotopic (exact) mass is 516 g/mol. The van der Waals surface area contributed by atoms with Crippen molar-refractivity contribution in [2.24, 2.45) is 0 Å². The Morgan fingerprint density at radius 3 is 2.33 bits per heavy atom. The first kappa shape index (κ1) is 24.1. The minimum absolute atomic E-state index is 0.0895. The van der Waals surface area contributed by atoms with Crippen molar-refractivity contribution in [2.75, 3.05) is 24.1 Å². The zero-order valence-electron chi connectivity index (χ0n) is 19.0. The average molecular weight is 517 g/mol. The Kier molecular flexibility index (Phi) is 6.08. The summed E-state index contributed by atoms with van der Waals surface area (Å²) in [5.41, 5.74) is 7.64. The molecule has 5 rings (SSSR count). The third kappa shape index (κ3) is 4.73. The van der Waals surface area contributed by atoms with Gasteiger partial charge in [0.25, 0.3) is 0 Å². The second kappa shape index (κ2) is 9.10. The Hall–Kier alpha value is -3.64. The molecular formula is C24H23F3N6O2S. The molecule has 188 valence electrons. The second-order valence-electron chi connectivity index (χ2n) is 8.65. The highest BCUT2D eigenvalue weighted by atomic mass is 32.2. The number of sulfonamides is 1. The number of rotatable bonds is 5. The van der Waals surface area contributed by atoms with Crippen LogP contribution in [0.3, 0.4) is 0 Å². The van der Waals surface area contributed by atoms with Gasteiger partial charge in [-0.15, -0.1) is 0 Å². The van der Waals surface area contributed by atoms with Crippen molar-refractivity contribution >= 4 is 32.6 Å². The summed E-state index contributed by atoms with van der Waals surface area (Å²) in [5.74, 6) is 0.730. The first-order valence-electron chi connectivity index (χ1n) is 11.3. The normalized spacial score (nSPS) is 15.9. The van der Waals surface area contributed by atoms with Crippen LogP contribution in [0.25, 0.3) is 22.0 Å². The molecular weight excluding hydrogens is 493 g/mol. The van der Waals surface area contributed by atoms with E-state index in [1.54, 1.807) is 24.3 Å². The minimum Gasteiger partial charge on any atom is -0.382 e. The molecule has 3 heterocycles. The third-order valence-corrected chi connectivity index (χ3v) is 8.23. The minimum atomic E-state index is -4.44. The molecule has 8 nitrogen and oxygen atoms in total. The lowest BCUT2D eigenvalue weighted by Crippen LogP contribution is -2.42. The highest BCUT2D eigenvalue weighted by molar-refractivity contribution is 7.89. The van der Waals surface area contributed by atoms with Gasteiger partial charge in [-0.05, 0) is 60.4 Å². The van der Waals surface area contributed by atoms with E-state index in [2.05, 4.69) is 20.5 Å². The summed E-state index contributed by atoms with van der Waals surface area (Å²) >= 11 is 0. The van der Waals surface area contributed by atoms with E-state index >= 15 is 0 Å². The maximum atomic E-state index is 13.2. The number of alkyl halides is 3. The standard InChI is InChI=1S/C24H23F3N6O2S/c25-24(26,27)17-4-8-22(29-14-17)30-18-9-11-33(12-10-18)36(34,35)19-5-1-15(2-6-19)16-3-7-21-20(13-16)23(28)32-31-21/h1-8,13-14,18H,9-12H2,(H,29,30)(H3,28,31,32). The molecule has 2 aromatic carbocycles. The Balaban J connectivity index is 1.23. The zero-order chi connectivity index (χ0) is 25.5. The molecule has 4 aromatic rings. The first-order chi connectivity index (χ1) is 17.1. The Bertz CT molecular complexity index is 1480. The maximum Gasteiger partial charge on any atom is 0.417 e. The van der Waals surface area contributed by atoms with E-state index in [0.717, 1.165) is 34.3 Å². The number of nitrogens with zero attached hydrogens (tertiary/aromatic N) is 3. The number of fused-ring (bicyclic) bond motifs is 1. The average Bonchev–Trinajstić information content (AvgIpc) is 3.24. The summed E-state index contributed by atoms with van der Waals surface area (Å²) in [5, 5.41) is 10.7. The summed E-state index contributed by atoms with van der Waals surface area (Å²) in [6.07, 6.45) is -2.64. The molecule has 1 fully saturated rings. The lowest BCUT2D eigenvalue weighted by molar-refractivity contribution is -0.137. The van der Waals surface area contributed by atoms with Crippen LogP contribution in [-0.2, 0) is 16.2 Å². The second-order valence-corrected chi connectivity index (χ2v) is 10.6. The number of halogens is 3. The number of nitrogen functional groups attached to an aromatic ring is 1. The lowest BCUT2D eigenvalue weighted by Gasteiger charge is -2.32. The summed E-state index contributed by atoms with van der Waals surface area (Å²) < 4.78 is 65.9. The number of aromatic amines is 1. The molecule has 4 N–H and O–H groups in total. The molecule has 1 saturated heterocycles. The van der Waals surface area contributed by atoms with Crippen molar-refractivity contribution in [1.82, 2.24) is 19.5 Å². The predicted molar refractivity (Wildman–Crippen MR) is 131 cm³/mol. The Morgan fingerprint density at radius 1 is 1.00 bits per heavy atom. The number of nitrogens with one attached hydrogen (secondary N) is 2. The number of aromatic nitrogens is 3. The number of hydrogen-bond acceptors (Lipinski definition) is 6. The molecule has 0 amide bonds. The van der Waals surface area contributed by atoms with Gasteiger partial charge in [0.1, 0.15) is 5.82 Å². The van der Waals surface area contributed by atoms with Crippen LogP contribution in [0, 0.1) is 0 Å². The largest absolute Gasteiger partial charge is 0.417 e. The lowest BCUT2D eigenvalue weighted by atomic mass is 10.0. The summed E-state index contributed by atoms with van der Waals surface area (Å²) in [7, 11) is -3.68. The molecule has 1 aliphatic heterocycles. The van der Waals surface area contributed by atoms with E-state index in [0.29, 0.717) is 37.6 Å². The molecule has 0 aliphatic carbocycles. The number of H-pyrrole nitrogens is 1. The molecule has 1 aliphatic rings. The van der Waals surface area contributed by atoms with Crippen LogP contribution in [0.2, 0.25) is 0 Å². The third-order valence-electron chi connectivity index (χ3n) is 6.31. The van der Waals surface area contributed by atoms with E-state index in [4.69, 9.17) is 5.73 Å². The summed E-state index contributed by atoms with van der Waals surface area (Å²) in [4.78, 5) is 4.03. The quantitative estimate of drug-likeness (QED) is 0.360. The molecule has 0 atom stereocenters.